The van der Waals surface area contributed by atoms with E-state index in [9.17, 15) is 4.79 Å². The van der Waals surface area contributed by atoms with Gasteiger partial charge in [0.15, 0.2) is 0 Å². The second-order valence-electron chi connectivity index (χ2n) is 6.35. The molecule has 0 radical (unpaired) electrons. The minimum Gasteiger partial charge on any atom is -0.381 e. The summed E-state index contributed by atoms with van der Waals surface area (Å²) in [4.78, 5) is 12.6. The van der Waals surface area contributed by atoms with Gasteiger partial charge in [-0.3, -0.25) is 4.79 Å². The summed E-state index contributed by atoms with van der Waals surface area (Å²) in [7, 11) is 0. The topological polar surface area (TPSA) is 76.4 Å². The molecule has 2 aliphatic rings. The molecular weight excluding hydrogens is 282 g/mol. The Kier molecular flexibility index (Phi) is 4.78. The maximum Gasteiger partial charge on any atom is 0.226 e. The van der Waals surface area contributed by atoms with Crippen LogP contribution in [0.5, 0.6) is 0 Å². The van der Waals surface area contributed by atoms with Gasteiger partial charge in [-0.25, -0.2) is 0 Å². The average molecular weight is 307 g/mol. The van der Waals surface area contributed by atoms with Crippen LogP contribution in [0.1, 0.15) is 43.6 Å². The van der Waals surface area contributed by atoms with Gasteiger partial charge in [0.05, 0.1) is 17.7 Å². The molecule has 6 nitrogen and oxygen atoms in total. The normalized spacial score (nSPS) is 24.3. The summed E-state index contributed by atoms with van der Waals surface area (Å²) in [6, 6.07) is 2.02. The minimum absolute atomic E-state index is 0.138. The maximum atomic E-state index is 12.6. The molecule has 1 atom stereocenters. The van der Waals surface area contributed by atoms with E-state index in [0.717, 1.165) is 57.0 Å². The van der Waals surface area contributed by atoms with E-state index in [1.807, 2.05) is 13.0 Å². The lowest BCUT2D eigenvalue weighted by Crippen LogP contribution is -2.48. The number of carbonyl (C=O) groups excluding carboxylic acids is 1. The van der Waals surface area contributed by atoms with E-state index >= 15 is 0 Å². The molecule has 0 saturated carbocycles. The van der Waals surface area contributed by atoms with Crippen LogP contribution in [0.15, 0.2) is 10.6 Å². The van der Waals surface area contributed by atoms with Crippen molar-refractivity contribution in [3.63, 3.8) is 0 Å². The van der Waals surface area contributed by atoms with Gasteiger partial charge in [-0.2, -0.15) is 0 Å². The Balaban J connectivity index is 1.73. The molecule has 0 spiro atoms. The Bertz CT molecular complexity index is 502. The van der Waals surface area contributed by atoms with Crippen LogP contribution in [0.4, 0.5) is 0 Å². The van der Waals surface area contributed by atoms with Crippen molar-refractivity contribution in [2.75, 3.05) is 32.8 Å². The second-order valence-corrected chi connectivity index (χ2v) is 6.35. The molecule has 2 saturated heterocycles. The van der Waals surface area contributed by atoms with E-state index in [1.165, 1.54) is 0 Å². The molecule has 2 N–H and O–H groups in total. The molecule has 1 aromatic heterocycles. The summed E-state index contributed by atoms with van der Waals surface area (Å²) in [5.41, 5.74) is 0.594. The number of hydrogen-bond donors (Lipinski definition) is 2. The van der Waals surface area contributed by atoms with Crippen molar-refractivity contribution in [2.24, 2.45) is 5.41 Å². The number of nitrogens with zero attached hydrogens (tertiary/aromatic N) is 1. The van der Waals surface area contributed by atoms with Crippen LogP contribution >= 0.6 is 0 Å². The van der Waals surface area contributed by atoms with Crippen molar-refractivity contribution in [3.8, 4) is 0 Å². The average Bonchev–Trinajstić information content (AvgIpc) is 3.19. The van der Waals surface area contributed by atoms with Crippen molar-refractivity contribution in [2.45, 2.75) is 38.5 Å². The summed E-state index contributed by atoms with van der Waals surface area (Å²) >= 11 is 0. The number of aromatic nitrogens is 1. The second kappa shape index (κ2) is 6.79. The number of hydrogen-bond acceptors (Lipinski definition) is 5. The lowest BCUT2D eigenvalue weighted by atomic mass is 9.74. The fourth-order valence-electron chi connectivity index (χ4n) is 3.44. The summed E-state index contributed by atoms with van der Waals surface area (Å²) < 4.78 is 10.9. The van der Waals surface area contributed by atoms with Crippen LogP contribution in [-0.4, -0.2) is 43.9 Å². The Labute approximate surface area is 131 Å². The molecule has 1 amide bonds. The van der Waals surface area contributed by atoms with Gasteiger partial charge in [0, 0.05) is 31.6 Å². The zero-order chi connectivity index (χ0) is 15.4. The van der Waals surface area contributed by atoms with Crippen molar-refractivity contribution in [3.05, 3.63) is 17.5 Å². The first-order valence-electron chi connectivity index (χ1n) is 8.26. The fraction of sp³-hybridized carbons (Fsp3) is 0.750. The van der Waals surface area contributed by atoms with E-state index in [2.05, 4.69) is 15.8 Å². The SMILES string of the molecule is CCNC(=O)C1(Cc2cc([C@@H]3CCOC3)no2)CCNCC1. The summed E-state index contributed by atoms with van der Waals surface area (Å²) in [6.45, 7) is 5.87. The number of amides is 1. The molecular formula is C16H25N3O3. The number of piperidine rings is 1. The van der Waals surface area contributed by atoms with Gasteiger partial charge in [0.25, 0.3) is 0 Å². The lowest BCUT2D eigenvalue weighted by Gasteiger charge is -2.35. The minimum atomic E-state index is -0.371. The highest BCUT2D eigenvalue weighted by Gasteiger charge is 2.40. The fourth-order valence-corrected chi connectivity index (χ4v) is 3.44. The monoisotopic (exact) mass is 307 g/mol. The van der Waals surface area contributed by atoms with E-state index in [4.69, 9.17) is 9.26 Å². The summed E-state index contributed by atoms with van der Waals surface area (Å²) in [5, 5.41) is 10.5. The van der Waals surface area contributed by atoms with Crippen LogP contribution in [-0.2, 0) is 16.0 Å². The van der Waals surface area contributed by atoms with Crippen molar-refractivity contribution < 1.29 is 14.1 Å². The molecule has 0 aromatic carbocycles. The van der Waals surface area contributed by atoms with Crippen LogP contribution in [0.3, 0.4) is 0 Å². The van der Waals surface area contributed by atoms with E-state index in [0.29, 0.717) is 18.9 Å². The molecule has 122 valence electrons. The molecule has 22 heavy (non-hydrogen) atoms. The molecule has 3 heterocycles. The molecule has 2 aliphatic heterocycles. The van der Waals surface area contributed by atoms with Crippen molar-refractivity contribution in [1.29, 1.82) is 0 Å². The van der Waals surface area contributed by atoms with E-state index in [-0.39, 0.29) is 11.3 Å². The predicted molar refractivity (Wildman–Crippen MR) is 81.6 cm³/mol. The van der Waals surface area contributed by atoms with Gasteiger partial charge in [0.1, 0.15) is 5.76 Å². The first-order valence-corrected chi connectivity index (χ1v) is 8.26. The highest BCUT2D eigenvalue weighted by Crippen LogP contribution is 2.34. The van der Waals surface area contributed by atoms with Crippen LogP contribution in [0, 0.1) is 5.41 Å². The van der Waals surface area contributed by atoms with Crippen molar-refractivity contribution >= 4 is 5.91 Å². The standard InChI is InChI=1S/C16H25N3O3/c1-2-18-15(20)16(4-6-17-7-5-16)10-13-9-14(19-22-13)12-3-8-21-11-12/h9,12,17H,2-8,10-11H2,1H3,(H,18,20)/t12-/m1/s1. The Hall–Kier alpha value is -1.40. The van der Waals surface area contributed by atoms with Gasteiger partial charge in [-0.05, 0) is 39.3 Å². The zero-order valence-corrected chi connectivity index (χ0v) is 13.2. The van der Waals surface area contributed by atoms with Gasteiger partial charge in [-0.1, -0.05) is 5.16 Å². The maximum absolute atomic E-state index is 12.6. The zero-order valence-electron chi connectivity index (χ0n) is 13.2. The number of carbonyl (C=O) groups is 1. The third kappa shape index (κ3) is 3.17. The molecule has 1 aromatic rings. The van der Waals surface area contributed by atoms with Crippen LogP contribution in [0.25, 0.3) is 0 Å². The smallest absolute Gasteiger partial charge is 0.226 e. The molecule has 2 fully saturated rings. The highest BCUT2D eigenvalue weighted by molar-refractivity contribution is 5.83. The number of ether oxygens (including phenoxy) is 1. The third-order valence-electron chi connectivity index (χ3n) is 4.82. The third-order valence-corrected chi connectivity index (χ3v) is 4.82. The number of nitrogens with one attached hydrogen (secondary N) is 2. The lowest BCUT2D eigenvalue weighted by molar-refractivity contribution is -0.132. The molecule has 0 aliphatic carbocycles. The van der Waals surface area contributed by atoms with E-state index < -0.39 is 0 Å². The van der Waals surface area contributed by atoms with Crippen LogP contribution < -0.4 is 10.6 Å². The van der Waals surface area contributed by atoms with Gasteiger partial charge < -0.3 is 19.9 Å². The molecule has 0 bridgehead atoms. The highest BCUT2D eigenvalue weighted by atomic mass is 16.5. The quantitative estimate of drug-likeness (QED) is 0.855. The summed E-state index contributed by atoms with van der Waals surface area (Å²) in [5.74, 6) is 1.29. The Morgan fingerprint density at radius 3 is 3.00 bits per heavy atom. The Morgan fingerprint density at radius 2 is 2.32 bits per heavy atom. The van der Waals surface area contributed by atoms with Crippen molar-refractivity contribution in [1.82, 2.24) is 15.8 Å². The van der Waals surface area contributed by atoms with Gasteiger partial charge in [0.2, 0.25) is 5.91 Å². The first kappa shape index (κ1) is 15.5. The number of rotatable bonds is 5. The largest absolute Gasteiger partial charge is 0.381 e. The van der Waals surface area contributed by atoms with Gasteiger partial charge >= 0.3 is 0 Å². The summed E-state index contributed by atoms with van der Waals surface area (Å²) in [6.07, 6.45) is 3.29. The Morgan fingerprint density at radius 1 is 1.50 bits per heavy atom. The van der Waals surface area contributed by atoms with E-state index in [1.54, 1.807) is 0 Å². The van der Waals surface area contributed by atoms with Gasteiger partial charge in [-0.15, -0.1) is 0 Å². The molecule has 0 unspecified atom stereocenters. The first-order chi connectivity index (χ1) is 10.7. The predicted octanol–water partition coefficient (Wildman–Crippen LogP) is 1.23. The van der Waals surface area contributed by atoms with Crippen LogP contribution in [0.2, 0.25) is 0 Å². The molecule has 3 rings (SSSR count). The molecule has 6 heteroatoms.